The highest BCUT2D eigenvalue weighted by Crippen LogP contribution is 2.39. The maximum Gasteiger partial charge on any atom is 0.228 e. The average Bonchev–Trinajstić information content (AvgIpc) is 2.41. The topological polar surface area (TPSA) is 17.1 Å². The van der Waals surface area contributed by atoms with Crippen LogP contribution in [0.1, 0.15) is 6.42 Å². The first-order valence-electron chi connectivity index (χ1n) is 3.83. The van der Waals surface area contributed by atoms with Crippen molar-refractivity contribution < 1.29 is 4.79 Å². The van der Waals surface area contributed by atoms with Crippen LogP contribution >= 0.6 is 11.6 Å². The van der Waals surface area contributed by atoms with E-state index < -0.39 is 0 Å². The highest BCUT2D eigenvalue weighted by atomic mass is 35.5. The van der Waals surface area contributed by atoms with Crippen molar-refractivity contribution in [2.45, 2.75) is 6.42 Å². The van der Waals surface area contributed by atoms with Gasteiger partial charge in [0.05, 0.1) is 5.92 Å². The highest BCUT2D eigenvalue weighted by molar-refractivity contribution is 6.64. The SMILES string of the molecule is O=C(Cl)[C@@H]1C=C[C@H]2C=CC[C@H]21. The van der Waals surface area contributed by atoms with Crippen molar-refractivity contribution in [3.63, 3.8) is 0 Å². The average molecular weight is 169 g/mol. The molecule has 2 aliphatic carbocycles. The Hall–Kier alpha value is -0.560. The summed E-state index contributed by atoms with van der Waals surface area (Å²) in [5.41, 5.74) is 0. The number of carbonyl (C=O) groups is 1. The molecule has 0 amide bonds. The molecule has 0 N–H and O–H groups in total. The molecule has 3 atom stereocenters. The Labute approximate surface area is 70.7 Å². The molecule has 0 aromatic heterocycles. The van der Waals surface area contributed by atoms with E-state index in [0.29, 0.717) is 11.8 Å². The monoisotopic (exact) mass is 168 g/mol. The standard InChI is InChI=1S/C9H9ClO/c10-9(11)8-5-4-6-2-1-3-7(6)8/h1-2,4-8H,3H2/t6-,7-,8-/m1/s1. The second-order valence-electron chi connectivity index (χ2n) is 3.12. The van der Waals surface area contributed by atoms with Gasteiger partial charge in [-0.05, 0) is 29.9 Å². The zero-order chi connectivity index (χ0) is 7.84. The van der Waals surface area contributed by atoms with Gasteiger partial charge in [-0.25, -0.2) is 0 Å². The molecule has 0 saturated heterocycles. The fraction of sp³-hybridized carbons (Fsp3) is 0.444. The minimum Gasteiger partial charge on any atom is -0.281 e. The van der Waals surface area contributed by atoms with E-state index in [4.69, 9.17) is 11.6 Å². The Morgan fingerprint density at radius 3 is 2.91 bits per heavy atom. The molecule has 2 heteroatoms. The van der Waals surface area contributed by atoms with Gasteiger partial charge in [0.2, 0.25) is 5.24 Å². The molecule has 1 nitrogen and oxygen atoms in total. The van der Waals surface area contributed by atoms with Crippen LogP contribution in [0.5, 0.6) is 0 Å². The number of allylic oxidation sites excluding steroid dienone is 4. The van der Waals surface area contributed by atoms with E-state index in [9.17, 15) is 4.79 Å². The van der Waals surface area contributed by atoms with Crippen LogP contribution in [0.3, 0.4) is 0 Å². The Bertz CT molecular complexity index is 242. The molecule has 0 unspecified atom stereocenters. The molecule has 0 spiro atoms. The number of carbonyl (C=O) groups excluding carboxylic acids is 1. The second-order valence-corrected chi connectivity index (χ2v) is 3.49. The van der Waals surface area contributed by atoms with Crippen molar-refractivity contribution in [2.75, 3.05) is 0 Å². The van der Waals surface area contributed by atoms with Crippen molar-refractivity contribution in [1.29, 1.82) is 0 Å². The maximum absolute atomic E-state index is 10.9. The first-order valence-corrected chi connectivity index (χ1v) is 4.21. The minimum absolute atomic E-state index is 0.0309. The van der Waals surface area contributed by atoms with Gasteiger partial charge in [-0.2, -0.15) is 0 Å². The fourth-order valence-electron chi connectivity index (χ4n) is 1.92. The lowest BCUT2D eigenvalue weighted by Gasteiger charge is -2.13. The molecule has 0 radical (unpaired) electrons. The smallest absolute Gasteiger partial charge is 0.228 e. The fourth-order valence-corrected chi connectivity index (χ4v) is 2.15. The molecule has 0 saturated carbocycles. The summed E-state index contributed by atoms with van der Waals surface area (Å²) in [5, 5.41) is -0.211. The van der Waals surface area contributed by atoms with Crippen LogP contribution in [0.15, 0.2) is 24.3 Å². The Kier molecular flexibility index (Phi) is 1.61. The van der Waals surface area contributed by atoms with Crippen LogP contribution in [0.25, 0.3) is 0 Å². The summed E-state index contributed by atoms with van der Waals surface area (Å²) in [6, 6.07) is 0. The number of rotatable bonds is 1. The Morgan fingerprint density at radius 2 is 2.18 bits per heavy atom. The van der Waals surface area contributed by atoms with Crippen molar-refractivity contribution >= 4 is 16.8 Å². The molecule has 0 aromatic carbocycles. The first-order chi connectivity index (χ1) is 5.29. The lowest BCUT2D eigenvalue weighted by molar-refractivity contribution is -0.115. The third-order valence-corrected chi connectivity index (χ3v) is 2.78. The first kappa shape index (κ1) is 7.11. The van der Waals surface area contributed by atoms with E-state index in [2.05, 4.69) is 18.2 Å². The van der Waals surface area contributed by atoms with Gasteiger partial charge in [0, 0.05) is 0 Å². The molecule has 2 aliphatic rings. The van der Waals surface area contributed by atoms with E-state index in [-0.39, 0.29) is 11.2 Å². The predicted octanol–water partition coefficient (Wildman–Crippen LogP) is 2.13. The molecular formula is C9H9ClO. The van der Waals surface area contributed by atoms with Crippen LogP contribution < -0.4 is 0 Å². The van der Waals surface area contributed by atoms with E-state index in [1.807, 2.05) is 6.08 Å². The third kappa shape index (κ3) is 1.04. The van der Waals surface area contributed by atoms with Gasteiger partial charge in [0.25, 0.3) is 0 Å². The van der Waals surface area contributed by atoms with Crippen LogP contribution in [0.2, 0.25) is 0 Å². The Balaban J connectivity index is 2.18. The number of hydrogen-bond acceptors (Lipinski definition) is 1. The number of hydrogen-bond donors (Lipinski definition) is 0. The lowest BCUT2D eigenvalue weighted by Crippen LogP contribution is -2.16. The molecule has 0 aromatic rings. The quantitative estimate of drug-likeness (QED) is 0.433. The van der Waals surface area contributed by atoms with Gasteiger partial charge in [0.1, 0.15) is 0 Å². The summed E-state index contributed by atoms with van der Waals surface area (Å²) in [5.74, 6) is 0.874. The van der Waals surface area contributed by atoms with Crippen molar-refractivity contribution in [3.8, 4) is 0 Å². The maximum atomic E-state index is 10.9. The molecule has 2 rings (SSSR count). The third-order valence-electron chi connectivity index (χ3n) is 2.52. The summed E-state index contributed by atoms with van der Waals surface area (Å²) in [6.45, 7) is 0. The summed E-state index contributed by atoms with van der Waals surface area (Å²) in [6.07, 6.45) is 9.31. The zero-order valence-corrected chi connectivity index (χ0v) is 6.79. The van der Waals surface area contributed by atoms with Crippen LogP contribution in [0, 0.1) is 17.8 Å². The van der Waals surface area contributed by atoms with E-state index >= 15 is 0 Å². The van der Waals surface area contributed by atoms with Crippen molar-refractivity contribution in [2.24, 2.45) is 17.8 Å². The highest BCUT2D eigenvalue weighted by Gasteiger charge is 2.35. The molecular weight excluding hydrogens is 160 g/mol. The number of halogens is 1. The van der Waals surface area contributed by atoms with E-state index in [1.54, 1.807) is 0 Å². The molecule has 58 valence electrons. The van der Waals surface area contributed by atoms with Crippen molar-refractivity contribution in [3.05, 3.63) is 24.3 Å². The summed E-state index contributed by atoms with van der Waals surface area (Å²) >= 11 is 5.43. The molecule has 0 bridgehead atoms. The van der Waals surface area contributed by atoms with E-state index in [1.165, 1.54) is 0 Å². The van der Waals surface area contributed by atoms with E-state index in [0.717, 1.165) is 6.42 Å². The normalized spacial score (nSPS) is 39.5. The second kappa shape index (κ2) is 2.49. The summed E-state index contributed by atoms with van der Waals surface area (Å²) in [4.78, 5) is 10.9. The lowest BCUT2D eigenvalue weighted by atomic mass is 9.91. The van der Waals surface area contributed by atoms with Gasteiger partial charge < -0.3 is 0 Å². The predicted molar refractivity (Wildman–Crippen MR) is 44.2 cm³/mol. The molecule has 0 fully saturated rings. The van der Waals surface area contributed by atoms with Gasteiger partial charge >= 0.3 is 0 Å². The van der Waals surface area contributed by atoms with Gasteiger partial charge in [-0.15, -0.1) is 0 Å². The summed E-state index contributed by atoms with van der Waals surface area (Å²) in [7, 11) is 0. The van der Waals surface area contributed by atoms with Gasteiger partial charge in [-0.1, -0.05) is 24.3 Å². The number of fused-ring (bicyclic) bond motifs is 1. The zero-order valence-electron chi connectivity index (χ0n) is 6.03. The van der Waals surface area contributed by atoms with Gasteiger partial charge in [0.15, 0.2) is 0 Å². The van der Waals surface area contributed by atoms with Crippen LogP contribution in [0.4, 0.5) is 0 Å². The van der Waals surface area contributed by atoms with Crippen molar-refractivity contribution in [1.82, 2.24) is 0 Å². The molecule has 11 heavy (non-hydrogen) atoms. The summed E-state index contributed by atoms with van der Waals surface area (Å²) < 4.78 is 0. The van der Waals surface area contributed by atoms with Crippen LogP contribution in [-0.4, -0.2) is 5.24 Å². The Morgan fingerprint density at radius 1 is 1.36 bits per heavy atom. The van der Waals surface area contributed by atoms with Gasteiger partial charge in [-0.3, -0.25) is 4.79 Å². The molecule has 0 aliphatic heterocycles. The molecule has 0 heterocycles. The minimum atomic E-state index is -0.211. The van der Waals surface area contributed by atoms with Crippen LogP contribution in [-0.2, 0) is 4.79 Å². The largest absolute Gasteiger partial charge is 0.281 e.